The second kappa shape index (κ2) is 3.09. The maximum absolute atomic E-state index is 12.0. The quantitative estimate of drug-likeness (QED) is 0.581. The molecule has 1 fully saturated rings. The number of hydrogen-bond acceptors (Lipinski definition) is 3. The van der Waals surface area contributed by atoms with Crippen LogP contribution >= 0.6 is 0 Å². The molecule has 0 aromatic rings. The van der Waals surface area contributed by atoms with Gasteiger partial charge in [0.2, 0.25) is 5.91 Å². The van der Waals surface area contributed by atoms with E-state index in [4.69, 9.17) is 4.74 Å². The Hall–Kier alpha value is -1.32. The third-order valence-electron chi connectivity index (χ3n) is 3.31. The van der Waals surface area contributed by atoms with Crippen LogP contribution in [0.5, 0.6) is 0 Å². The Bertz CT molecular complexity index is 380. The average molecular weight is 223 g/mol. The molecule has 0 aromatic carbocycles. The summed E-state index contributed by atoms with van der Waals surface area (Å²) < 4.78 is 5.31. The lowest BCUT2D eigenvalue weighted by atomic mass is 9.94. The van der Waals surface area contributed by atoms with Crippen LogP contribution in [0.15, 0.2) is 12.2 Å². The molecule has 2 rings (SSSR count). The van der Waals surface area contributed by atoms with Crippen molar-refractivity contribution < 1.29 is 14.3 Å². The molecule has 2 aliphatic heterocycles. The van der Waals surface area contributed by atoms with Crippen LogP contribution in [0.2, 0.25) is 0 Å². The number of esters is 1. The third-order valence-corrected chi connectivity index (χ3v) is 3.31. The average Bonchev–Trinajstić information content (AvgIpc) is 2.55. The highest BCUT2D eigenvalue weighted by Gasteiger charge is 2.55. The van der Waals surface area contributed by atoms with E-state index in [2.05, 4.69) is 0 Å². The number of amides is 1. The summed E-state index contributed by atoms with van der Waals surface area (Å²) in [5, 5.41) is 0. The van der Waals surface area contributed by atoms with Crippen molar-refractivity contribution in [2.75, 3.05) is 0 Å². The number of ether oxygens (including phenoxy) is 1. The zero-order chi connectivity index (χ0) is 12.1. The van der Waals surface area contributed by atoms with Crippen molar-refractivity contribution in [3.05, 3.63) is 12.2 Å². The van der Waals surface area contributed by atoms with E-state index in [0.717, 1.165) is 0 Å². The maximum Gasteiger partial charge on any atom is 0.331 e. The van der Waals surface area contributed by atoms with Gasteiger partial charge in [0, 0.05) is 11.6 Å². The number of carbonyl (C=O) groups is 2. The number of likely N-dealkylation sites (tertiary alicyclic amines) is 1. The van der Waals surface area contributed by atoms with Crippen molar-refractivity contribution in [3.8, 4) is 0 Å². The highest BCUT2D eigenvalue weighted by Crippen LogP contribution is 2.40. The molecule has 1 amide bonds. The molecular weight excluding hydrogens is 206 g/mol. The summed E-state index contributed by atoms with van der Waals surface area (Å²) in [5.74, 6) is -0.310. The van der Waals surface area contributed by atoms with Crippen molar-refractivity contribution in [2.45, 2.75) is 51.3 Å². The SMILES string of the molecule is CC1N(C(C)(C)C)C(=O)CC12C=CC(=O)O2. The van der Waals surface area contributed by atoms with Crippen molar-refractivity contribution >= 4 is 11.9 Å². The summed E-state index contributed by atoms with van der Waals surface area (Å²) in [7, 11) is 0. The van der Waals surface area contributed by atoms with E-state index in [9.17, 15) is 9.59 Å². The lowest BCUT2D eigenvalue weighted by molar-refractivity contribution is -0.147. The Balaban J connectivity index is 2.33. The molecule has 0 radical (unpaired) electrons. The number of carbonyl (C=O) groups excluding carboxylic acids is 2. The summed E-state index contributed by atoms with van der Waals surface area (Å²) in [6.07, 6.45) is 3.40. The lowest BCUT2D eigenvalue weighted by Crippen LogP contribution is -2.50. The minimum Gasteiger partial charge on any atom is -0.449 e. The molecule has 2 atom stereocenters. The predicted molar refractivity (Wildman–Crippen MR) is 58.6 cm³/mol. The number of hydrogen-bond donors (Lipinski definition) is 0. The van der Waals surface area contributed by atoms with Crippen LogP contribution in [0.4, 0.5) is 0 Å². The monoisotopic (exact) mass is 223 g/mol. The van der Waals surface area contributed by atoms with Crippen LogP contribution in [-0.2, 0) is 14.3 Å². The van der Waals surface area contributed by atoms with Gasteiger partial charge in [-0.05, 0) is 33.8 Å². The minimum absolute atomic E-state index is 0.0411. The largest absolute Gasteiger partial charge is 0.449 e. The first-order valence-corrected chi connectivity index (χ1v) is 5.51. The smallest absolute Gasteiger partial charge is 0.331 e. The van der Waals surface area contributed by atoms with Gasteiger partial charge in [-0.3, -0.25) is 4.79 Å². The van der Waals surface area contributed by atoms with Crippen LogP contribution in [0.1, 0.15) is 34.1 Å². The molecule has 88 valence electrons. The van der Waals surface area contributed by atoms with Gasteiger partial charge < -0.3 is 9.64 Å². The van der Waals surface area contributed by atoms with Crippen LogP contribution in [0.25, 0.3) is 0 Å². The molecule has 0 aromatic heterocycles. The Morgan fingerprint density at radius 2 is 2.06 bits per heavy atom. The van der Waals surface area contributed by atoms with E-state index in [1.54, 1.807) is 11.0 Å². The fourth-order valence-electron chi connectivity index (χ4n) is 2.64. The molecule has 0 aliphatic carbocycles. The second-order valence-electron chi connectivity index (χ2n) is 5.50. The molecule has 0 N–H and O–H groups in total. The van der Waals surface area contributed by atoms with Crippen molar-refractivity contribution in [3.63, 3.8) is 0 Å². The Morgan fingerprint density at radius 3 is 2.44 bits per heavy atom. The molecule has 1 spiro atoms. The van der Waals surface area contributed by atoms with Gasteiger partial charge in [-0.1, -0.05) is 0 Å². The van der Waals surface area contributed by atoms with E-state index in [-0.39, 0.29) is 29.9 Å². The van der Waals surface area contributed by atoms with Crippen molar-refractivity contribution in [1.29, 1.82) is 0 Å². The normalized spacial score (nSPS) is 34.0. The zero-order valence-corrected chi connectivity index (χ0v) is 10.1. The summed E-state index contributed by atoms with van der Waals surface area (Å²) in [6, 6.07) is -0.109. The first-order valence-electron chi connectivity index (χ1n) is 5.51. The molecule has 0 bridgehead atoms. The first-order chi connectivity index (χ1) is 7.26. The van der Waals surface area contributed by atoms with Gasteiger partial charge in [0.05, 0.1) is 12.5 Å². The van der Waals surface area contributed by atoms with E-state index >= 15 is 0 Å². The lowest BCUT2D eigenvalue weighted by Gasteiger charge is -2.38. The minimum atomic E-state index is -0.735. The van der Waals surface area contributed by atoms with E-state index < -0.39 is 5.60 Å². The Labute approximate surface area is 95.2 Å². The van der Waals surface area contributed by atoms with Crippen molar-refractivity contribution in [2.24, 2.45) is 0 Å². The van der Waals surface area contributed by atoms with Gasteiger partial charge >= 0.3 is 5.97 Å². The van der Waals surface area contributed by atoms with Gasteiger partial charge in [0.15, 0.2) is 5.60 Å². The van der Waals surface area contributed by atoms with Crippen molar-refractivity contribution in [1.82, 2.24) is 4.90 Å². The zero-order valence-electron chi connectivity index (χ0n) is 10.1. The Morgan fingerprint density at radius 1 is 1.44 bits per heavy atom. The van der Waals surface area contributed by atoms with Gasteiger partial charge in [0.25, 0.3) is 0 Å². The van der Waals surface area contributed by atoms with Gasteiger partial charge in [-0.2, -0.15) is 0 Å². The summed E-state index contributed by atoms with van der Waals surface area (Å²) >= 11 is 0. The molecule has 2 heterocycles. The third kappa shape index (κ3) is 1.44. The molecule has 4 heteroatoms. The standard InChI is InChI=1S/C12H17NO3/c1-8-12(6-5-10(15)16-12)7-9(14)13(8)11(2,3)4/h5-6,8H,7H2,1-4H3. The van der Waals surface area contributed by atoms with Gasteiger partial charge in [-0.25, -0.2) is 4.79 Å². The molecule has 16 heavy (non-hydrogen) atoms. The van der Waals surface area contributed by atoms with Gasteiger partial charge in [-0.15, -0.1) is 0 Å². The highest BCUT2D eigenvalue weighted by molar-refractivity contribution is 5.89. The molecule has 2 aliphatic rings. The molecule has 0 saturated carbocycles. The molecular formula is C12H17NO3. The Kier molecular flexibility index (Phi) is 2.16. The molecule has 4 nitrogen and oxygen atoms in total. The molecule has 2 unspecified atom stereocenters. The maximum atomic E-state index is 12.0. The van der Waals surface area contributed by atoms with E-state index in [0.29, 0.717) is 0 Å². The number of rotatable bonds is 0. The summed E-state index contributed by atoms with van der Waals surface area (Å²) in [4.78, 5) is 25.0. The molecule has 1 saturated heterocycles. The highest BCUT2D eigenvalue weighted by atomic mass is 16.6. The summed E-state index contributed by atoms with van der Waals surface area (Å²) in [5.41, 5.74) is -0.982. The van der Waals surface area contributed by atoms with Gasteiger partial charge in [0.1, 0.15) is 0 Å². The van der Waals surface area contributed by atoms with E-state index in [1.807, 2.05) is 27.7 Å². The van der Waals surface area contributed by atoms with Crippen LogP contribution in [0.3, 0.4) is 0 Å². The topological polar surface area (TPSA) is 46.6 Å². The van der Waals surface area contributed by atoms with Crippen LogP contribution in [0, 0.1) is 0 Å². The fraction of sp³-hybridized carbons (Fsp3) is 0.667. The van der Waals surface area contributed by atoms with E-state index in [1.165, 1.54) is 6.08 Å². The first kappa shape index (κ1) is 11.2. The number of nitrogens with zero attached hydrogens (tertiary/aromatic N) is 1. The van der Waals surface area contributed by atoms with Crippen LogP contribution < -0.4 is 0 Å². The summed E-state index contributed by atoms with van der Waals surface area (Å²) in [6.45, 7) is 7.89. The van der Waals surface area contributed by atoms with Crippen LogP contribution in [-0.4, -0.2) is 34.0 Å². The predicted octanol–water partition coefficient (Wildman–Crippen LogP) is 1.26. The fourth-order valence-corrected chi connectivity index (χ4v) is 2.64. The second-order valence-corrected chi connectivity index (χ2v) is 5.50.